The van der Waals surface area contributed by atoms with Crippen LogP contribution in [0.3, 0.4) is 0 Å². The maximum Gasteiger partial charge on any atom is 0.162 e. The summed E-state index contributed by atoms with van der Waals surface area (Å²) in [6.07, 6.45) is 1.74. The Hall–Kier alpha value is -0.490. The highest BCUT2D eigenvalue weighted by atomic mass is 32.2. The van der Waals surface area contributed by atoms with Crippen molar-refractivity contribution in [2.24, 2.45) is 0 Å². The van der Waals surface area contributed by atoms with Crippen LogP contribution in [-0.4, -0.2) is 19.9 Å². The second-order valence-corrected chi connectivity index (χ2v) is 4.07. The fraction of sp³-hybridized carbons (Fsp3) is 0.600. The van der Waals surface area contributed by atoms with Crippen LogP contribution < -0.4 is 0 Å². The summed E-state index contributed by atoms with van der Waals surface area (Å²) in [6.45, 7) is 0. The zero-order valence-corrected chi connectivity index (χ0v) is 5.33. The van der Waals surface area contributed by atoms with Crippen molar-refractivity contribution in [3.63, 3.8) is 0 Å². The molecule has 0 N–H and O–H groups in total. The van der Waals surface area contributed by atoms with Crippen molar-refractivity contribution in [3.05, 3.63) is 0 Å². The molecule has 0 fully saturated rings. The molecule has 0 aromatic carbocycles. The first-order valence-corrected chi connectivity index (χ1v) is 4.23. The molecule has 2 nitrogen and oxygen atoms in total. The van der Waals surface area contributed by atoms with E-state index >= 15 is 0 Å². The van der Waals surface area contributed by atoms with Crippen LogP contribution in [0.2, 0.25) is 0 Å². The molecule has 0 spiro atoms. The molecule has 1 atom stereocenters. The summed E-state index contributed by atoms with van der Waals surface area (Å²) in [5.74, 6) is 5.19. The molecule has 8 heavy (non-hydrogen) atoms. The van der Waals surface area contributed by atoms with Crippen LogP contribution in [0.5, 0.6) is 0 Å². The van der Waals surface area contributed by atoms with Gasteiger partial charge in [0, 0.05) is 12.7 Å². The van der Waals surface area contributed by atoms with Gasteiger partial charge in [-0.25, -0.2) is 8.42 Å². The summed E-state index contributed by atoms with van der Waals surface area (Å²) < 4.78 is 21.0. The molecule has 0 saturated carbocycles. The van der Waals surface area contributed by atoms with E-state index in [1.165, 1.54) is 6.26 Å². The van der Waals surface area contributed by atoms with Gasteiger partial charge in [0.15, 0.2) is 9.84 Å². The second-order valence-electron chi connectivity index (χ2n) is 1.84. The fourth-order valence-corrected chi connectivity index (χ4v) is 1.13. The molecule has 3 heteroatoms. The lowest BCUT2D eigenvalue weighted by atomic mass is 10.2. The molecule has 0 aromatic heterocycles. The van der Waals surface area contributed by atoms with Gasteiger partial charge < -0.3 is 0 Å². The highest BCUT2D eigenvalue weighted by Gasteiger charge is 2.20. The van der Waals surface area contributed by atoms with Crippen molar-refractivity contribution < 1.29 is 8.42 Å². The van der Waals surface area contributed by atoms with Crippen molar-refractivity contribution in [1.29, 1.82) is 0 Å². The Morgan fingerprint density at radius 2 is 2.12 bits per heavy atom. The Bertz CT molecular complexity index is 239. The van der Waals surface area contributed by atoms with Crippen LogP contribution in [0.4, 0.5) is 0 Å². The molecule has 1 unspecified atom stereocenters. The van der Waals surface area contributed by atoms with Gasteiger partial charge in [0.05, 0.1) is 0 Å². The standard InChI is InChI=1S/C5H6O2S/c1-8(6,7)5-3-2-4-5/h5H,3H2,1H3. The van der Waals surface area contributed by atoms with Crippen molar-refractivity contribution in [2.75, 3.05) is 6.26 Å². The molecule has 0 aliphatic heterocycles. The summed E-state index contributed by atoms with van der Waals surface area (Å²) >= 11 is 0. The molecule has 1 rings (SSSR count). The van der Waals surface area contributed by atoms with E-state index in [-0.39, 0.29) is 5.25 Å². The molecule has 1 aliphatic carbocycles. The molecule has 0 saturated heterocycles. The summed E-state index contributed by atoms with van der Waals surface area (Å²) in [5.41, 5.74) is 0. The van der Waals surface area contributed by atoms with Gasteiger partial charge in [-0.2, -0.15) is 0 Å². The largest absolute Gasteiger partial charge is 0.228 e. The van der Waals surface area contributed by atoms with Crippen LogP contribution in [0, 0.1) is 11.8 Å². The monoisotopic (exact) mass is 130 g/mol. The lowest BCUT2D eigenvalue weighted by Gasteiger charge is -2.08. The fourth-order valence-electron chi connectivity index (χ4n) is 0.444. The topological polar surface area (TPSA) is 34.1 Å². The lowest BCUT2D eigenvalue weighted by molar-refractivity contribution is 0.594. The Labute approximate surface area is 48.8 Å². The molecule has 0 heterocycles. The normalized spacial score (nSPS) is 25.4. The highest BCUT2D eigenvalue weighted by molar-refractivity contribution is 7.91. The Morgan fingerprint density at radius 1 is 1.62 bits per heavy atom. The van der Waals surface area contributed by atoms with Crippen LogP contribution in [0.25, 0.3) is 0 Å². The quantitative estimate of drug-likeness (QED) is 0.461. The molecule has 0 radical (unpaired) electrons. The minimum atomic E-state index is -2.84. The number of sulfone groups is 1. The van der Waals surface area contributed by atoms with Crippen LogP contribution in [0.1, 0.15) is 6.42 Å². The predicted octanol–water partition coefficient (Wildman–Crippen LogP) is -0.193. The first-order valence-electron chi connectivity index (χ1n) is 2.28. The van der Waals surface area contributed by atoms with E-state index in [1.54, 1.807) is 0 Å². The smallest absolute Gasteiger partial charge is 0.162 e. The molecular formula is C5H6O2S. The summed E-state index contributed by atoms with van der Waals surface area (Å²) in [4.78, 5) is 0. The molecule has 1 aliphatic rings. The third-order valence-corrected chi connectivity index (χ3v) is 2.39. The lowest BCUT2D eigenvalue weighted by Crippen LogP contribution is -2.21. The number of rotatable bonds is 1. The Morgan fingerprint density at radius 3 is 2.12 bits per heavy atom. The van der Waals surface area contributed by atoms with Crippen LogP contribution >= 0.6 is 0 Å². The van der Waals surface area contributed by atoms with E-state index in [1.807, 2.05) is 0 Å². The van der Waals surface area contributed by atoms with E-state index in [2.05, 4.69) is 11.8 Å². The van der Waals surface area contributed by atoms with Gasteiger partial charge >= 0.3 is 0 Å². The minimum Gasteiger partial charge on any atom is -0.228 e. The summed E-state index contributed by atoms with van der Waals surface area (Å²) in [5, 5.41) is -0.359. The molecular weight excluding hydrogens is 124 g/mol. The molecule has 44 valence electrons. The molecule has 0 amide bonds. The maximum absolute atomic E-state index is 10.5. The van der Waals surface area contributed by atoms with Crippen LogP contribution in [-0.2, 0) is 9.84 Å². The second kappa shape index (κ2) is 1.49. The van der Waals surface area contributed by atoms with E-state index in [9.17, 15) is 8.42 Å². The predicted molar refractivity (Wildman–Crippen MR) is 31.0 cm³/mol. The van der Waals surface area contributed by atoms with E-state index in [0.29, 0.717) is 6.42 Å². The molecule has 0 aromatic rings. The van der Waals surface area contributed by atoms with Gasteiger partial charge in [-0.1, -0.05) is 11.8 Å². The Kier molecular flexibility index (Phi) is 1.05. The number of hydrogen-bond acceptors (Lipinski definition) is 2. The SMILES string of the molecule is CS(=O)(=O)C1C#CC1. The summed E-state index contributed by atoms with van der Waals surface area (Å²) in [6, 6.07) is 0. The minimum absolute atomic E-state index is 0.359. The van der Waals surface area contributed by atoms with E-state index < -0.39 is 9.84 Å². The average molecular weight is 130 g/mol. The Balaban J connectivity index is 2.83. The van der Waals surface area contributed by atoms with Crippen molar-refractivity contribution in [1.82, 2.24) is 0 Å². The third kappa shape index (κ3) is 0.846. The van der Waals surface area contributed by atoms with Crippen LogP contribution in [0.15, 0.2) is 0 Å². The van der Waals surface area contributed by atoms with Gasteiger partial charge in [0.2, 0.25) is 0 Å². The number of hydrogen-bond donors (Lipinski definition) is 0. The van der Waals surface area contributed by atoms with Gasteiger partial charge in [0.1, 0.15) is 5.25 Å². The average Bonchev–Trinajstić information content (AvgIpc) is 1.16. The first kappa shape index (κ1) is 5.64. The maximum atomic E-state index is 10.5. The third-order valence-electron chi connectivity index (χ3n) is 1.07. The van der Waals surface area contributed by atoms with Gasteiger partial charge in [-0.05, 0) is 0 Å². The van der Waals surface area contributed by atoms with Gasteiger partial charge in [0.25, 0.3) is 0 Å². The van der Waals surface area contributed by atoms with Crippen molar-refractivity contribution in [3.8, 4) is 11.8 Å². The highest BCUT2D eigenvalue weighted by Crippen LogP contribution is 2.08. The zero-order chi connectivity index (χ0) is 6.20. The van der Waals surface area contributed by atoms with Crippen molar-refractivity contribution in [2.45, 2.75) is 11.7 Å². The van der Waals surface area contributed by atoms with E-state index in [4.69, 9.17) is 0 Å². The van der Waals surface area contributed by atoms with Gasteiger partial charge in [-0.3, -0.25) is 0 Å². The van der Waals surface area contributed by atoms with Gasteiger partial charge in [-0.15, -0.1) is 0 Å². The van der Waals surface area contributed by atoms with Crippen molar-refractivity contribution >= 4 is 9.84 Å². The summed E-state index contributed by atoms with van der Waals surface area (Å²) in [7, 11) is -2.84. The van der Waals surface area contributed by atoms with E-state index in [0.717, 1.165) is 0 Å². The first-order chi connectivity index (χ1) is 3.61. The molecule has 0 bridgehead atoms. The zero-order valence-electron chi connectivity index (χ0n) is 4.51.